The molecule has 0 radical (unpaired) electrons. The van der Waals surface area contributed by atoms with E-state index in [9.17, 15) is 23.1 Å². The smallest absolute Gasteiger partial charge is 0.416 e. The van der Waals surface area contributed by atoms with E-state index in [-0.39, 0.29) is 12.5 Å². The molecule has 2 heterocycles. The number of rotatable bonds is 9. The first-order valence-corrected chi connectivity index (χ1v) is 15.8. The van der Waals surface area contributed by atoms with Crippen molar-refractivity contribution in [3.63, 3.8) is 0 Å². The molecule has 1 aliphatic rings. The van der Waals surface area contributed by atoms with Gasteiger partial charge in [0.1, 0.15) is 0 Å². The monoisotopic (exact) mass is 650 g/mol. The maximum Gasteiger partial charge on any atom is 0.416 e. The van der Waals surface area contributed by atoms with E-state index in [0.717, 1.165) is 34.0 Å². The fourth-order valence-corrected chi connectivity index (χ4v) is 6.48. The summed E-state index contributed by atoms with van der Waals surface area (Å²) in [5.74, 6) is -0.466. The van der Waals surface area contributed by atoms with E-state index in [1.54, 1.807) is 25.4 Å². The van der Waals surface area contributed by atoms with Crippen molar-refractivity contribution in [1.82, 2.24) is 9.97 Å². The molecule has 0 amide bonds. The highest BCUT2D eigenvalue weighted by Crippen LogP contribution is 2.36. The lowest BCUT2D eigenvalue weighted by Gasteiger charge is -2.32. The SMILES string of the molecule is Cc1cc(CN(Cc2cc(C)cc(Cl)c2-c2cccc(C(C)C)c2)c2ncc(N3CCC(C(=O)O)CC3)cn2)cc(C(F)(F)F)c1. The molecule has 0 unspecified atom stereocenters. The second kappa shape index (κ2) is 13.7. The zero-order valence-electron chi connectivity index (χ0n) is 26.4. The first kappa shape index (κ1) is 33.3. The molecule has 10 heteroatoms. The van der Waals surface area contributed by atoms with Crippen LogP contribution in [-0.2, 0) is 24.1 Å². The number of halogens is 4. The Labute approximate surface area is 272 Å². The van der Waals surface area contributed by atoms with Crippen LogP contribution in [-0.4, -0.2) is 34.1 Å². The maximum absolute atomic E-state index is 13.8. The molecule has 46 heavy (non-hydrogen) atoms. The fourth-order valence-electron chi connectivity index (χ4n) is 6.08. The predicted octanol–water partition coefficient (Wildman–Crippen LogP) is 9.06. The molecule has 4 aromatic rings. The second-order valence-corrected chi connectivity index (χ2v) is 12.9. The zero-order valence-corrected chi connectivity index (χ0v) is 27.2. The third-order valence-corrected chi connectivity index (χ3v) is 8.77. The van der Waals surface area contributed by atoms with Crippen LogP contribution in [0.2, 0.25) is 5.02 Å². The summed E-state index contributed by atoms with van der Waals surface area (Å²) in [6.45, 7) is 9.45. The van der Waals surface area contributed by atoms with Crippen LogP contribution in [0.25, 0.3) is 11.1 Å². The fraction of sp³-hybridized carbons (Fsp3) is 0.361. The number of piperidine rings is 1. The van der Waals surface area contributed by atoms with E-state index in [2.05, 4.69) is 46.9 Å². The maximum atomic E-state index is 13.8. The van der Waals surface area contributed by atoms with Crippen molar-refractivity contribution in [2.75, 3.05) is 22.9 Å². The summed E-state index contributed by atoms with van der Waals surface area (Å²) < 4.78 is 41.3. The number of hydrogen-bond donors (Lipinski definition) is 1. The van der Waals surface area contributed by atoms with Gasteiger partial charge >= 0.3 is 12.1 Å². The third kappa shape index (κ3) is 7.81. The highest BCUT2D eigenvalue weighted by molar-refractivity contribution is 6.33. The zero-order chi connectivity index (χ0) is 33.2. The summed E-state index contributed by atoms with van der Waals surface area (Å²) in [4.78, 5) is 24.7. The minimum atomic E-state index is -4.48. The van der Waals surface area contributed by atoms with E-state index in [0.29, 0.717) is 60.5 Å². The van der Waals surface area contributed by atoms with Gasteiger partial charge in [0.15, 0.2) is 0 Å². The molecule has 1 saturated heterocycles. The lowest BCUT2D eigenvalue weighted by molar-refractivity contribution is -0.142. The van der Waals surface area contributed by atoms with Crippen LogP contribution in [0.3, 0.4) is 0 Å². The topological polar surface area (TPSA) is 69.6 Å². The quantitative estimate of drug-likeness (QED) is 0.195. The number of hydrogen-bond acceptors (Lipinski definition) is 5. The Balaban J connectivity index is 1.53. The van der Waals surface area contributed by atoms with Crippen LogP contribution >= 0.6 is 11.6 Å². The van der Waals surface area contributed by atoms with Crippen molar-refractivity contribution in [2.45, 2.75) is 65.7 Å². The molecule has 1 N–H and O–H groups in total. The Morgan fingerprint density at radius 2 is 1.67 bits per heavy atom. The average Bonchev–Trinajstić information content (AvgIpc) is 3.00. The van der Waals surface area contributed by atoms with Crippen molar-refractivity contribution in [1.29, 1.82) is 0 Å². The number of aliphatic carboxylic acids is 1. The summed E-state index contributed by atoms with van der Waals surface area (Å²) in [5, 5.41) is 9.95. The molecule has 0 aliphatic carbocycles. The van der Waals surface area contributed by atoms with E-state index in [1.165, 1.54) is 11.6 Å². The Bertz CT molecular complexity index is 1700. The number of nitrogens with zero attached hydrogens (tertiary/aromatic N) is 4. The summed E-state index contributed by atoms with van der Waals surface area (Å²) in [7, 11) is 0. The summed E-state index contributed by atoms with van der Waals surface area (Å²) in [6.07, 6.45) is -0.00929. The molecule has 0 bridgehead atoms. The molecule has 0 atom stereocenters. The van der Waals surface area contributed by atoms with Gasteiger partial charge in [-0.3, -0.25) is 4.79 Å². The van der Waals surface area contributed by atoms with Gasteiger partial charge in [0.05, 0.1) is 29.6 Å². The molecule has 0 saturated carbocycles. The largest absolute Gasteiger partial charge is 0.481 e. The van der Waals surface area contributed by atoms with Crippen molar-refractivity contribution in [3.05, 3.63) is 105 Å². The molecule has 3 aromatic carbocycles. The Hall–Kier alpha value is -4.11. The number of carbonyl (C=O) groups is 1. The first-order valence-electron chi connectivity index (χ1n) is 15.4. The van der Waals surface area contributed by atoms with Crippen molar-refractivity contribution in [2.24, 2.45) is 5.92 Å². The molecular weight excluding hydrogens is 613 g/mol. The number of benzene rings is 3. The molecule has 0 spiro atoms. The molecule has 6 nitrogen and oxygen atoms in total. The van der Waals surface area contributed by atoms with E-state index in [1.807, 2.05) is 30.0 Å². The summed E-state index contributed by atoms with van der Waals surface area (Å²) in [5.41, 5.74) is 5.91. The van der Waals surface area contributed by atoms with Gasteiger partial charge in [-0.1, -0.05) is 67.4 Å². The van der Waals surface area contributed by atoms with Gasteiger partial charge in [-0.25, -0.2) is 9.97 Å². The average molecular weight is 651 g/mol. The van der Waals surface area contributed by atoms with Gasteiger partial charge in [-0.05, 0) is 78.6 Å². The molecule has 1 aromatic heterocycles. The predicted molar refractivity (Wildman–Crippen MR) is 176 cm³/mol. The molecule has 5 rings (SSSR count). The minimum absolute atomic E-state index is 0.130. The molecular formula is C36H38ClF3N4O2. The summed E-state index contributed by atoms with van der Waals surface area (Å²) >= 11 is 6.90. The van der Waals surface area contributed by atoms with Gasteiger partial charge in [0.2, 0.25) is 5.95 Å². The van der Waals surface area contributed by atoms with Crippen LogP contribution in [0.15, 0.2) is 67.0 Å². The molecule has 1 aliphatic heterocycles. The Morgan fingerprint density at radius 3 is 2.30 bits per heavy atom. The third-order valence-electron chi connectivity index (χ3n) is 8.47. The number of carboxylic acids is 1. The van der Waals surface area contributed by atoms with Gasteiger partial charge in [0, 0.05) is 36.8 Å². The number of aryl methyl sites for hydroxylation is 2. The number of carboxylic acid groups (broad SMARTS) is 1. The van der Waals surface area contributed by atoms with E-state index in [4.69, 9.17) is 11.6 Å². The lowest BCUT2D eigenvalue weighted by Crippen LogP contribution is -2.36. The van der Waals surface area contributed by atoms with Crippen LogP contribution in [0.5, 0.6) is 0 Å². The van der Waals surface area contributed by atoms with Crippen LogP contribution in [0.1, 0.15) is 66.0 Å². The highest BCUT2D eigenvalue weighted by atomic mass is 35.5. The van der Waals surface area contributed by atoms with E-state index < -0.39 is 17.7 Å². The highest BCUT2D eigenvalue weighted by Gasteiger charge is 2.31. The standard InChI is InChI=1S/C36H38ClF3N4O2/c1-22(2)27-6-5-7-28(17-27)33-29(13-24(4)15-32(33)37)21-44(20-25-12-23(3)14-30(16-25)36(38,39)40)35-41-18-31(19-42-35)43-10-8-26(9-11-43)34(45)46/h5-7,12-19,22,26H,8-11,20-21H2,1-4H3,(H,45,46). The van der Waals surface area contributed by atoms with Gasteiger partial charge < -0.3 is 14.9 Å². The lowest BCUT2D eigenvalue weighted by atomic mass is 9.93. The number of anilines is 2. The Morgan fingerprint density at radius 1 is 1.00 bits per heavy atom. The van der Waals surface area contributed by atoms with Crippen molar-refractivity contribution in [3.8, 4) is 11.1 Å². The van der Waals surface area contributed by atoms with Crippen LogP contribution in [0, 0.1) is 19.8 Å². The summed E-state index contributed by atoms with van der Waals surface area (Å²) in [6, 6.07) is 16.3. The second-order valence-electron chi connectivity index (χ2n) is 12.5. The Kier molecular flexibility index (Phi) is 9.91. The van der Waals surface area contributed by atoms with Crippen molar-refractivity contribution < 1.29 is 23.1 Å². The van der Waals surface area contributed by atoms with Gasteiger partial charge in [-0.2, -0.15) is 13.2 Å². The van der Waals surface area contributed by atoms with E-state index >= 15 is 0 Å². The van der Waals surface area contributed by atoms with Crippen LogP contribution < -0.4 is 9.80 Å². The minimum Gasteiger partial charge on any atom is -0.481 e. The van der Waals surface area contributed by atoms with Crippen LogP contribution in [0.4, 0.5) is 24.8 Å². The normalized spacial score (nSPS) is 14.2. The van der Waals surface area contributed by atoms with Gasteiger partial charge in [0.25, 0.3) is 0 Å². The molecule has 1 fully saturated rings. The molecule has 242 valence electrons. The van der Waals surface area contributed by atoms with Crippen molar-refractivity contribution >= 4 is 29.2 Å². The van der Waals surface area contributed by atoms with Gasteiger partial charge in [-0.15, -0.1) is 0 Å². The first-order chi connectivity index (χ1) is 21.8. The number of alkyl halides is 3. The number of aromatic nitrogens is 2.